The second kappa shape index (κ2) is 10.7. The minimum Gasteiger partial charge on any atom is -0.493 e. The van der Waals surface area contributed by atoms with Crippen molar-refractivity contribution in [1.82, 2.24) is 10.6 Å². The molecule has 0 spiro atoms. The van der Waals surface area contributed by atoms with Gasteiger partial charge in [-0.2, -0.15) is 0 Å². The molecule has 4 aromatic carbocycles. The lowest BCUT2D eigenvalue weighted by atomic mass is 9.92. The summed E-state index contributed by atoms with van der Waals surface area (Å²) in [6.45, 7) is 0.387. The van der Waals surface area contributed by atoms with Crippen LogP contribution in [0.25, 0.3) is 16.5 Å². The number of carbonyl (C=O) groups excluding carboxylic acids is 1. The van der Waals surface area contributed by atoms with Crippen LogP contribution in [0.5, 0.6) is 11.5 Å². The van der Waals surface area contributed by atoms with Gasteiger partial charge >= 0.3 is 5.97 Å². The number of ether oxygens (including phenoxy) is 3. The number of benzene rings is 4. The van der Waals surface area contributed by atoms with E-state index >= 15 is 0 Å². The van der Waals surface area contributed by atoms with Crippen molar-refractivity contribution in [2.75, 3.05) is 14.2 Å². The average Bonchev–Trinajstić information content (AvgIpc) is 2.95. The molecule has 0 saturated heterocycles. The highest BCUT2D eigenvalue weighted by atomic mass is 32.1. The van der Waals surface area contributed by atoms with Crippen molar-refractivity contribution >= 4 is 39.8 Å². The first-order valence-electron chi connectivity index (χ1n) is 11.8. The van der Waals surface area contributed by atoms with Crippen LogP contribution in [0, 0.1) is 0 Å². The standard InChI is InChI=1S/C30H26N2O4S/c1-34-25-17-21(15-16-24(25)36-18-22-13-8-12-19-9-6-7-14-23(19)22)28-26(29(33)35-2)27(31-30(37)32-28)20-10-4-3-5-11-20/h3-17,28H,18H2,1-2H3,(H2,31,32,37)/t28-/m1/s1. The molecule has 0 fully saturated rings. The minimum atomic E-state index is -0.544. The van der Waals surface area contributed by atoms with E-state index in [-0.39, 0.29) is 0 Å². The Bertz CT molecular complexity index is 1500. The first-order valence-corrected chi connectivity index (χ1v) is 12.2. The van der Waals surface area contributed by atoms with E-state index in [0.29, 0.717) is 34.5 Å². The molecule has 37 heavy (non-hydrogen) atoms. The molecule has 0 unspecified atom stereocenters. The van der Waals surface area contributed by atoms with Gasteiger partial charge < -0.3 is 24.8 Å². The average molecular weight is 511 g/mol. The van der Waals surface area contributed by atoms with Gasteiger partial charge in [0.05, 0.1) is 31.5 Å². The maximum Gasteiger partial charge on any atom is 0.338 e. The summed E-state index contributed by atoms with van der Waals surface area (Å²) in [6, 6.07) is 29.0. The molecule has 186 valence electrons. The highest BCUT2D eigenvalue weighted by molar-refractivity contribution is 7.80. The van der Waals surface area contributed by atoms with E-state index < -0.39 is 12.0 Å². The summed E-state index contributed by atoms with van der Waals surface area (Å²) in [5.74, 6) is 0.693. The maximum atomic E-state index is 13.0. The van der Waals surface area contributed by atoms with E-state index in [0.717, 1.165) is 27.5 Å². The molecular weight excluding hydrogens is 484 g/mol. The van der Waals surface area contributed by atoms with Gasteiger partial charge in [0.2, 0.25) is 0 Å². The van der Waals surface area contributed by atoms with Gasteiger partial charge in [-0.25, -0.2) is 4.79 Å². The van der Waals surface area contributed by atoms with Crippen molar-refractivity contribution in [2.45, 2.75) is 12.6 Å². The SMILES string of the molecule is COC(=O)C1=C(c2ccccc2)NC(=S)N[C@@H]1c1ccc(OCc2cccc3ccccc23)c(OC)c1. The van der Waals surface area contributed by atoms with Crippen molar-refractivity contribution in [1.29, 1.82) is 0 Å². The molecule has 0 radical (unpaired) electrons. The fourth-order valence-electron chi connectivity index (χ4n) is 4.53. The Labute approximate surface area is 220 Å². The number of rotatable bonds is 7. The van der Waals surface area contributed by atoms with E-state index in [1.807, 2.05) is 66.7 Å². The van der Waals surface area contributed by atoms with Crippen molar-refractivity contribution in [3.8, 4) is 11.5 Å². The summed E-state index contributed by atoms with van der Waals surface area (Å²) in [4.78, 5) is 13.0. The van der Waals surface area contributed by atoms with Gasteiger partial charge in [-0.1, -0.05) is 78.9 Å². The van der Waals surface area contributed by atoms with Gasteiger partial charge in [-0.15, -0.1) is 0 Å². The van der Waals surface area contributed by atoms with E-state index in [9.17, 15) is 4.79 Å². The van der Waals surface area contributed by atoms with Crippen molar-refractivity contribution in [3.05, 3.63) is 113 Å². The largest absolute Gasteiger partial charge is 0.493 e. The molecule has 5 rings (SSSR count). The lowest BCUT2D eigenvalue weighted by molar-refractivity contribution is -0.136. The smallest absolute Gasteiger partial charge is 0.338 e. The topological polar surface area (TPSA) is 68.8 Å². The first kappa shape index (κ1) is 24.3. The minimum absolute atomic E-state index is 0.387. The van der Waals surface area contributed by atoms with Crippen molar-refractivity contribution < 1.29 is 19.0 Å². The lowest BCUT2D eigenvalue weighted by Gasteiger charge is -2.31. The Kier molecular flexibility index (Phi) is 7.05. The third kappa shape index (κ3) is 4.99. The molecule has 0 amide bonds. The van der Waals surface area contributed by atoms with Gasteiger partial charge in [0.15, 0.2) is 16.6 Å². The molecule has 1 heterocycles. The summed E-state index contributed by atoms with van der Waals surface area (Å²) in [7, 11) is 2.96. The molecule has 0 aliphatic carbocycles. The summed E-state index contributed by atoms with van der Waals surface area (Å²) in [6.07, 6.45) is 0. The highest BCUT2D eigenvalue weighted by Gasteiger charge is 2.33. The molecule has 1 atom stereocenters. The van der Waals surface area contributed by atoms with Gasteiger partial charge in [-0.3, -0.25) is 0 Å². The molecule has 0 saturated carbocycles. The molecule has 1 aliphatic rings. The Morgan fingerprint density at radius 2 is 1.65 bits per heavy atom. The van der Waals surface area contributed by atoms with Crippen LogP contribution >= 0.6 is 12.2 Å². The summed E-state index contributed by atoms with van der Waals surface area (Å²) in [5.41, 5.74) is 3.73. The zero-order chi connectivity index (χ0) is 25.8. The number of thiocarbonyl (C=S) groups is 1. The molecule has 4 aromatic rings. The molecule has 6 nitrogen and oxygen atoms in total. The zero-order valence-electron chi connectivity index (χ0n) is 20.5. The molecule has 7 heteroatoms. The fourth-order valence-corrected chi connectivity index (χ4v) is 4.75. The Morgan fingerprint density at radius 3 is 2.43 bits per heavy atom. The summed E-state index contributed by atoms with van der Waals surface area (Å²) in [5, 5.41) is 9.06. The molecule has 0 aromatic heterocycles. The Morgan fingerprint density at radius 1 is 0.892 bits per heavy atom. The third-order valence-corrected chi connectivity index (χ3v) is 6.54. The van der Waals surface area contributed by atoms with E-state index in [1.165, 1.54) is 7.11 Å². The number of nitrogens with one attached hydrogen (secondary N) is 2. The van der Waals surface area contributed by atoms with Crippen LogP contribution in [0.2, 0.25) is 0 Å². The van der Waals surface area contributed by atoms with Gasteiger partial charge in [0, 0.05) is 0 Å². The molecule has 2 N–H and O–H groups in total. The maximum absolute atomic E-state index is 13.0. The molecule has 1 aliphatic heterocycles. The van der Waals surface area contributed by atoms with Crippen LogP contribution in [0.3, 0.4) is 0 Å². The van der Waals surface area contributed by atoms with Gasteiger partial charge in [0.1, 0.15) is 6.61 Å². The zero-order valence-corrected chi connectivity index (χ0v) is 21.3. The quantitative estimate of drug-likeness (QED) is 0.250. The van der Waals surface area contributed by atoms with Crippen LogP contribution in [0.1, 0.15) is 22.7 Å². The molecule has 0 bridgehead atoms. The van der Waals surface area contributed by atoms with Crippen LogP contribution in [0.4, 0.5) is 0 Å². The van der Waals surface area contributed by atoms with E-state index in [1.54, 1.807) is 7.11 Å². The second-order valence-corrected chi connectivity index (χ2v) is 8.92. The highest BCUT2D eigenvalue weighted by Crippen LogP contribution is 2.37. The number of fused-ring (bicyclic) bond motifs is 1. The summed E-state index contributed by atoms with van der Waals surface area (Å²) < 4.78 is 17.0. The van der Waals surface area contributed by atoms with Crippen molar-refractivity contribution in [3.63, 3.8) is 0 Å². The number of methoxy groups -OCH3 is 2. The fraction of sp³-hybridized carbons (Fsp3) is 0.133. The monoisotopic (exact) mass is 510 g/mol. The van der Waals surface area contributed by atoms with Gasteiger partial charge in [-0.05, 0) is 51.8 Å². The van der Waals surface area contributed by atoms with E-state index in [4.69, 9.17) is 26.4 Å². The van der Waals surface area contributed by atoms with Crippen LogP contribution in [-0.2, 0) is 16.1 Å². The lowest BCUT2D eigenvalue weighted by Crippen LogP contribution is -2.45. The number of carbonyl (C=O) groups is 1. The first-order chi connectivity index (χ1) is 18.1. The van der Waals surface area contributed by atoms with Crippen LogP contribution < -0.4 is 20.1 Å². The van der Waals surface area contributed by atoms with Crippen molar-refractivity contribution in [2.24, 2.45) is 0 Å². The predicted octanol–water partition coefficient (Wildman–Crippen LogP) is 5.53. The van der Waals surface area contributed by atoms with Crippen LogP contribution in [0.15, 0.2) is 96.6 Å². The van der Waals surface area contributed by atoms with Crippen LogP contribution in [-0.4, -0.2) is 25.3 Å². The summed E-state index contributed by atoms with van der Waals surface area (Å²) >= 11 is 5.49. The normalized spacial score (nSPS) is 15.1. The predicted molar refractivity (Wildman–Crippen MR) is 148 cm³/mol. The molecular formula is C30H26N2O4S. The number of hydrogen-bond acceptors (Lipinski definition) is 5. The van der Waals surface area contributed by atoms with Gasteiger partial charge in [0.25, 0.3) is 0 Å². The number of hydrogen-bond donors (Lipinski definition) is 2. The third-order valence-electron chi connectivity index (χ3n) is 6.32. The second-order valence-electron chi connectivity index (χ2n) is 8.52. The number of esters is 1. The Balaban J connectivity index is 1.49. The Hall–Kier alpha value is -4.36. The van der Waals surface area contributed by atoms with E-state index in [2.05, 4.69) is 34.9 Å².